The average molecular weight is 272 g/mol. The van der Waals surface area contributed by atoms with E-state index in [9.17, 15) is 10.1 Å². The lowest BCUT2D eigenvalue weighted by atomic mass is 10.2. The van der Waals surface area contributed by atoms with E-state index in [1.54, 1.807) is 19.2 Å². The Morgan fingerprint density at radius 3 is 2.55 bits per heavy atom. The van der Waals surface area contributed by atoms with Crippen molar-refractivity contribution in [2.45, 2.75) is 6.54 Å². The molecule has 0 radical (unpaired) electrons. The molecule has 0 amide bonds. The van der Waals surface area contributed by atoms with Crippen molar-refractivity contribution in [2.24, 2.45) is 0 Å². The molecule has 0 N–H and O–H groups in total. The molecular formula is C15H16N2O3. The smallest absolute Gasteiger partial charge is 0.271 e. The highest BCUT2D eigenvalue weighted by molar-refractivity contribution is 5.53. The fourth-order valence-electron chi connectivity index (χ4n) is 1.97. The summed E-state index contributed by atoms with van der Waals surface area (Å²) in [5.74, 6) is 0. The van der Waals surface area contributed by atoms with Gasteiger partial charge in [0, 0.05) is 31.5 Å². The molecule has 0 saturated carbocycles. The highest BCUT2D eigenvalue weighted by atomic mass is 16.6. The number of ether oxygens (including phenoxy) is 1. The van der Waals surface area contributed by atoms with Crippen LogP contribution in [0, 0.1) is 10.1 Å². The minimum Gasteiger partial charge on any atom is -0.364 e. The third-order valence-electron chi connectivity index (χ3n) is 2.91. The third kappa shape index (κ3) is 3.55. The van der Waals surface area contributed by atoms with Gasteiger partial charge < -0.3 is 9.64 Å². The first-order valence-electron chi connectivity index (χ1n) is 6.23. The van der Waals surface area contributed by atoms with Crippen molar-refractivity contribution in [3.8, 4) is 0 Å². The molecule has 2 aromatic rings. The van der Waals surface area contributed by atoms with Crippen molar-refractivity contribution in [3.05, 3.63) is 70.3 Å². The van der Waals surface area contributed by atoms with Gasteiger partial charge in [-0.25, -0.2) is 0 Å². The fraction of sp³-hybridized carbons (Fsp3) is 0.200. The van der Waals surface area contributed by atoms with E-state index in [1.165, 1.54) is 6.07 Å². The van der Waals surface area contributed by atoms with Crippen LogP contribution in [-0.2, 0) is 11.3 Å². The lowest BCUT2D eigenvalue weighted by Gasteiger charge is -2.23. The second kappa shape index (κ2) is 6.68. The van der Waals surface area contributed by atoms with Crippen LogP contribution in [0.25, 0.3) is 0 Å². The standard InChI is InChI=1S/C15H16N2O3/c1-20-12-16(11-13-6-3-2-4-7-13)14-8-5-9-15(10-14)17(18)19/h2-10H,11-12H2,1H3. The summed E-state index contributed by atoms with van der Waals surface area (Å²) in [5, 5.41) is 10.8. The minimum atomic E-state index is -0.392. The van der Waals surface area contributed by atoms with E-state index in [-0.39, 0.29) is 5.69 Å². The van der Waals surface area contributed by atoms with Gasteiger partial charge in [0.2, 0.25) is 0 Å². The Labute approximate surface area is 117 Å². The Morgan fingerprint density at radius 1 is 1.15 bits per heavy atom. The number of hydrogen-bond acceptors (Lipinski definition) is 4. The second-order valence-electron chi connectivity index (χ2n) is 4.38. The van der Waals surface area contributed by atoms with Crippen molar-refractivity contribution in [1.82, 2.24) is 0 Å². The zero-order chi connectivity index (χ0) is 14.4. The number of nitro groups is 1. The molecule has 104 valence electrons. The van der Waals surface area contributed by atoms with Crippen LogP contribution in [0.4, 0.5) is 11.4 Å². The quantitative estimate of drug-likeness (QED) is 0.460. The Balaban J connectivity index is 2.24. The van der Waals surface area contributed by atoms with Crippen LogP contribution >= 0.6 is 0 Å². The van der Waals surface area contributed by atoms with E-state index in [4.69, 9.17) is 4.74 Å². The summed E-state index contributed by atoms with van der Waals surface area (Å²) in [6.07, 6.45) is 0. The van der Waals surface area contributed by atoms with Crippen molar-refractivity contribution in [3.63, 3.8) is 0 Å². The summed E-state index contributed by atoms with van der Waals surface area (Å²) < 4.78 is 5.19. The number of nitrogens with zero attached hydrogens (tertiary/aromatic N) is 2. The topological polar surface area (TPSA) is 55.6 Å². The van der Waals surface area contributed by atoms with Gasteiger partial charge in [-0.05, 0) is 11.6 Å². The van der Waals surface area contributed by atoms with Crippen LogP contribution in [-0.4, -0.2) is 18.8 Å². The number of anilines is 1. The summed E-state index contributed by atoms with van der Waals surface area (Å²) in [5.41, 5.74) is 1.97. The lowest BCUT2D eigenvalue weighted by molar-refractivity contribution is -0.384. The maximum Gasteiger partial charge on any atom is 0.271 e. The van der Waals surface area contributed by atoms with Gasteiger partial charge in [0.15, 0.2) is 0 Å². The Kier molecular flexibility index (Phi) is 4.68. The zero-order valence-corrected chi connectivity index (χ0v) is 11.2. The molecule has 5 heteroatoms. The van der Waals surface area contributed by atoms with E-state index >= 15 is 0 Å². The molecule has 0 saturated heterocycles. The van der Waals surface area contributed by atoms with Crippen molar-refractivity contribution < 1.29 is 9.66 Å². The maximum absolute atomic E-state index is 10.8. The number of hydrogen-bond donors (Lipinski definition) is 0. The number of methoxy groups -OCH3 is 1. The van der Waals surface area contributed by atoms with Gasteiger partial charge in [-0.1, -0.05) is 36.4 Å². The normalized spacial score (nSPS) is 10.2. The molecule has 0 spiro atoms. The zero-order valence-electron chi connectivity index (χ0n) is 11.2. The summed E-state index contributed by atoms with van der Waals surface area (Å²) in [4.78, 5) is 12.4. The molecule has 2 aromatic carbocycles. The molecule has 0 aliphatic rings. The minimum absolute atomic E-state index is 0.0802. The first-order chi connectivity index (χ1) is 9.70. The van der Waals surface area contributed by atoms with Crippen LogP contribution in [0.2, 0.25) is 0 Å². The molecule has 20 heavy (non-hydrogen) atoms. The van der Waals surface area contributed by atoms with Gasteiger partial charge in [0.25, 0.3) is 5.69 Å². The van der Waals surface area contributed by atoms with Crippen LogP contribution < -0.4 is 4.90 Å². The van der Waals surface area contributed by atoms with E-state index < -0.39 is 4.92 Å². The van der Waals surface area contributed by atoms with Gasteiger partial charge in [0.05, 0.1) is 4.92 Å². The molecule has 0 aliphatic heterocycles. The molecule has 0 aromatic heterocycles. The number of non-ortho nitro benzene ring substituents is 1. The summed E-state index contributed by atoms with van der Waals surface area (Å²) in [7, 11) is 1.61. The van der Waals surface area contributed by atoms with Crippen LogP contribution in [0.3, 0.4) is 0 Å². The monoisotopic (exact) mass is 272 g/mol. The van der Waals surface area contributed by atoms with Crippen LogP contribution in [0.1, 0.15) is 5.56 Å². The molecule has 2 rings (SSSR count). The van der Waals surface area contributed by atoms with E-state index in [2.05, 4.69) is 0 Å². The maximum atomic E-state index is 10.8. The van der Waals surface area contributed by atoms with E-state index in [0.29, 0.717) is 13.3 Å². The van der Waals surface area contributed by atoms with Crippen LogP contribution in [0.15, 0.2) is 54.6 Å². The Hall–Kier alpha value is -2.40. The third-order valence-corrected chi connectivity index (χ3v) is 2.91. The largest absolute Gasteiger partial charge is 0.364 e. The molecule has 5 nitrogen and oxygen atoms in total. The first kappa shape index (κ1) is 14.0. The van der Waals surface area contributed by atoms with E-state index in [1.807, 2.05) is 41.3 Å². The SMILES string of the molecule is COCN(Cc1ccccc1)c1cccc([N+](=O)[O-])c1. The lowest BCUT2D eigenvalue weighted by Crippen LogP contribution is -2.24. The molecular weight excluding hydrogens is 256 g/mol. The number of benzene rings is 2. The van der Waals surface area contributed by atoms with Gasteiger partial charge in [-0.3, -0.25) is 10.1 Å². The fourth-order valence-corrected chi connectivity index (χ4v) is 1.97. The van der Waals surface area contributed by atoms with Crippen LogP contribution in [0.5, 0.6) is 0 Å². The number of nitro benzene ring substituents is 1. The molecule has 0 heterocycles. The first-order valence-corrected chi connectivity index (χ1v) is 6.23. The van der Waals surface area contributed by atoms with Gasteiger partial charge >= 0.3 is 0 Å². The Morgan fingerprint density at radius 2 is 1.90 bits per heavy atom. The van der Waals surface area contributed by atoms with Crippen molar-refractivity contribution >= 4 is 11.4 Å². The highest BCUT2D eigenvalue weighted by Crippen LogP contribution is 2.22. The van der Waals surface area contributed by atoms with Gasteiger partial charge in [-0.2, -0.15) is 0 Å². The summed E-state index contributed by atoms with van der Waals surface area (Å²) >= 11 is 0. The predicted molar refractivity (Wildman–Crippen MR) is 77.6 cm³/mol. The Bertz CT molecular complexity index is 572. The molecule has 0 fully saturated rings. The predicted octanol–water partition coefficient (Wildman–Crippen LogP) is 3.21. The molecule has 0 unspecified atom stereocenters. The highest BCUT2D eigenvalue weighted by Gasteiger charge is 2.11. The summed E-state index contributed by atoms with van der Waals surface area (Å²) in [6, 6.07) is 16.5. The van der Waals surface area contributed by atoms with Gasteiger partial charge in [0.1, 0.15) is 6.73 Å². The number of rotatable bonds is 6. The van der Waals surface area contributed by atoms with Gasteiger partial charge in [-0.15, -0.1) is 0 Å². The molecule has 0 aliphatic carbocycles. The van der Waals surface area contributed by atoms with Crippen molar-refractivity contribution in [2.75, 3.05) is 18.7 Å². The average Bonchev–Trinajstić information content (AvgIpc) is 2.48. The molecule has 0 bridgehead atoms. The van der Waals surface area contributed by atoms with Crippen molar-refractivity contribution in [1.29, 1.82) is 0 Å². The second-order valence-corrected chi connectivity index (χ2v) is 4.38. The van der Waals surface area contributed by atoms with E-state index in [0.717, 1.165) is 11.3 Å². The summed E-state index contributed by atoms with van der Waals surface area (Å²) in [6.45, 7) is 1.01. The molecule has 0 atom stereocenters.